The van der Waals surface area contributed by atoms with E-state index in [1.165, 1.54) is 0 Å². The van der Waals surface area contributed by atoms with Crippen molar-refractivity contribution >= 4 is 12.6 Å². The van der Waals surface area contributed by atoms with Gasteiger partial charge in [0.15, 0.2) is 0 Å². The normalized spacial score (nSPS) is 13.1. The molecule has 1 rings (SSSR count). The van der Waals surface area contributed by atoms with E-state index in [4.69, 9.17) is 0 Å². The number of hydrogen-bond donors (Lipinski definition) is 1. The molecular formula is C10H18N2OS. The van der Waals surface area contributed by atoms with Crippen LogP contribution in [0, 0.1) is 5.92 Å². The van der Waals surface area contributed by atoms with Crippen LogP contribution in [0.25, 0.3) is 0 Å². The Balaban J connectivity index is 2.46. The van der Waals surface area contributed by atoms with Crippen LogP contribution < -0.4 is 5.69 Å². The van der Waals surface area contributed by atoms with Crippen LogP contribution in [-0.2, 0) is 13.6 Å². The molecule has 0 N–H and O–H groups in total. The molecule has 4 heteroatoms. The van der Waals surface area contributed by atoms with Gasteiger partial charge in [-0.2, -0.15) is 12.6 Å². The molecule has 80 valence electrons. The zero-order valence-corrected chi connectivity index (χ0v) is 9.70. The van der Waals surface area contributed by atoms with Crippen molar-refractivity contribution in [2.45, 2.75) is 26.3 Å². The van der Waals surface area contributed by atoms with E-state index >= 15 is 0 Å². The molecule has 1 heterocycles. The van der Waals surface area contributed by atoms with Crippen molar-refractivity contribution in [3.63, 3.8) is 0 Å². The first-order valence-electron chi connectivity index (χ1n) is 4.97. The van der Waals surface area contributed by atoms with Gasteiger partial charge in [-0.1, -0.05) is 6.92 Å². The Bertz CT molecular complexity index is 329. The molecule has 0 spiro atoms. The molecule has 0 radical (unpaired) electrons. The Hall–Kier alpha value is -0.640. The van der Waals surface area contributed by atoms with Crippen molar-refractivity contribution in [1.82, 2.24) is 9.13 Å². The number of aromatic nitrogens is 2. The van der Waals surface area contributed by atoms with Crippen LogP contribution in [0.2, 0.25) is 0 Å². The maximum atomic E-state index is 11.4. The first kappa shape index (κ1) is 11.4. The summed E-state index contributed by atoms with van der Waals surface area (Å²) in [5.74, 6) is 1.56. The van der Waals surface area contributed by atoms with Crippen LogP contribution in [0.3, 0.4) is 0 Å². The summed E-state index contributed by atoms with van der Waals surface area (Å²) in [5.41, 5.74) is 0.0723. The lowest BCUT2D eigenvalue weighted by molar-refractivity contribution is 0.464. The molecule has 0 fully saturated rings. The first-order valence-corrected chi connectivity index (χ1v) is 5.61. The number of imidazole rings is 1. The molecule has 0 aromatic carbocycles. The second-order valence-corrected chi connectivity index (χ2v) is 4.24. The van der Waals surface area contributed by atoms with E-state index in [1.807, 2.05) is 6.20 Å². The number of nitrogens with zero attached hydrogens (tertiary/aromatic N) is 2. The van der Waals surface area contributed by atoms with Crippen LogP contribution in [-0.4, -0.2) is 14.9 Å². The highest BCUT2D eigenvalue weighted by molar-refractivity contribution is 7.80. The average molecular weight is 214 g/mol. The van der Waals surface area contributed by atoms with Gasteiger partial charge >= 0.3 is 5.69 Å². The summed E-state index contributed by atoms with van der Waals surface area (Å²) >= 11 is 4.19. The summed E-state index contributed by atoms with van der Waals surface area (Å²) in [7, 11) is 1.77. The van der Waals surface area contributed by atoms with E-state index in [2.05, 4.69) is 19.6 Å². The lowest BCUT2D eigenvalue weighted by Crippen LogP contribution is -2.22. The molecular weight excluding hydrogens is 196 g/mol. The van der Waals surface area contributed by atoms with E-state index in [0.29, 0.717) is 5.92 Å². The number of thiol groups is 1. The van der Waals surface area contributed by atoms with Gasteiger partial charge in [0.25, 0.3) is 0 Å². The molecule has 14 heavy (non-hydrogen) atoms. The van der Waals surface area contributed by atoms with Crippen LogP contribution in [0.1, 0.15) is 19.8 Å². The second-order valence-electron chi connectivity index (χ2n) is 3.79. The van der Waals surface area contributed by atoms with Gasteiger partial charge in [-0.3, -0.25) is 4.57 Å². The molecule has 0 saturated heterocycles. The molecule has 1 aromatic heterocycles. The van der Waals surface area contributed by atoms with Gasteiger partial charge in [-0.05, 0) is 24.5 Å². The zero-order valence-electron chi connectivity index (χ0n) is 8.81. The highest BCUT2D eigenvalue weighted by Crippen LogP contribution is 2.08. The molecule has 1 atom stereocenters. The summed E-state index contributed by atoms with van der Waals surface area (Å²) in [6, 6.07) is 0. The van der Waals surface area contributed by atoms with Gasteiger partial charge in [-0.15, -0.1) is 0 Å². The topological polar surface area (TPSA) is 26.9 Å². The summed E-state index contributed by atoms with van der Waals surface area (Å²) in [6.45, 7) is 3.01. The molecule has 0 aliphatic heterocycles. The van der Waals surface area contributed by atoms with E-state index < -0.39 is 0 Å². The smallest absolute Gasteiger partial charge is 0.302 e. The van der Waals surface area contributed by atoms with Crippen molar-refractivity contribution in [3.8, 4) is 0 Å². The number of aryl methyl sites for hydroxylation is 2. The highest BCUT2D eigenvalue weighted by Gasteiger charge is 2.03. The van der Waals surface area contributed by atoms with Crippen molar-refractivity contribution in [1.29, 1.82) is 0 Å². The summed E-state index contributed by atoms with van der Waals surface area (Å²) < 4.78 is 3.36. The van der Waals surface area contributed by atoms with E-state index in [9.17, 15) is 4.79 Å². The van der Waals surface area contributed by atoms with Gasteiger partial charge < -0.3 is 4.57 Å². The highest BCUT2D eigenvalue weighted by atomic mass is 32.1. The Labute approximate surface area is 90.2 Å². The van der Waals surface area contributed by atoms with Crippen LogP contribution in [0.4, 0.5) is 0 Å². The average Bonchev–Trinajstić information content (AvgIpc) is 2.46. The Morgan fingerprint density at radius 3 is 2.64 bits per heavy atom. The van der Waals surface area contributed by atoms with E-state index in [1.54, 1.807) is 22.4 Å². The molecule has 0 saturated carbocycles. The zero-order chi connectivity index (χ0) is 10.6. The predicted molar refractivity (Wildman–Crippen MR) is 61.9 cm³/mol. The maximum absolute atomic E-state index is 11.4. The predicted octanol–water partition coefficient (Wildman–Crippen LogP) is 1.53. The lowest BCUT2D eigenvalue weighted by Gasteiger charge is -2.08. The summed E-state index contributed by atoms with van der Waals surface area (Å²) in [4.78, 5) is 11.4. The third-order valence-corrected chi connectivity index (χ3v) is 2.76. The standard InChI is InChI=1S/C10H18N2OS/c1-9(4-8-14)3-5-12-7-6-11(2)10(12)13/h6-7,9,14H,3-5,8H2,1-2H3. The first-order chi connectivity index (χ1) is 6.65. The SMILES string of the molecule is CC(CCS)CCn1ccn(C)c1=O. The largest absolute Gasteiger partial charge is 0.327 e. The van der Waals surface area contributed by atoms with Gasteiger partial charge in [0, 0.05) is 26.0 Å². The Kier molecular flexibility index (Phi) is 4.32. The Morgan fingerprint density at radius 2 is 2.14 bits per heavy atom. The molecule has 0 amide bonds. The molecule has 0 bridgehead atoms. The fourth-order valence-electron chi connectivity index (χ4n) is 1.40. The molecule has 1 unspecified atom stereocenters. The molecule has 3 nitrogen and oxygen atoms in total. The van der Waals surface area contributed by atoms with Gasteiger partial charge in [0.1, 0.15) is 0 Å². The second kappa shape index (κ2) is 5.29. The van der Waals surface area contributed by atoms with Crippen LogP contribution in [0.15, 0.2) is 17.2 Å². The maximum Gasteiger partial charge on any atom is 0.327 e. The minimum absolute atomic E-state index is 0.0723. The summed E-state index contributed by atoms with van der Waals surface area (Å²) in [6.07, 6.45) is 5.80. The van der Waals surface area contributed by atoms with Crippen molar-refractivity contribution < 1.29 is 0 Å². The fraction of sp³-hybridized carbons (Fsp3) is 0.700. The lowest BCUT2D eigenvalue weighted by atomic mass is 10.1. The van der Waals surface area contributed by atoms with Crippen LogP contribution >= 0.6 is 12.6 Å². The number of rotatable bonds is 5. The van der Waals surface area contributed by atoms with Crippen molar-refractivity contribution in [2.24, 2.45) is 13.0 Å². The number of hydrogen-bond acceptors (Lipinski definition) is 2. The molecule has 0 aliphatic rings. The third kappa shape index (κ3) is 2.94. The van der Waals surface area contributed by atoms with Crippen molar-refractivity contribution in [3.05, 3.63) is 22.9 Å². The monoisotopic (exact) mass is 214 g/mol. The van der Waals surface area contributed by atoms with Crippen LogP contribution in [0.5, 0.6) is 0 Å². The quantitative estimate of drug-likeness (QED) is 0.739. The molecule has 1 aromatic rings. The minimum Gasteiger partial charge on any atom is -0.302 e. The van der Waals surface area contributed by atoms with Gasteiger partial charge in [-0.25, -0.2) is 4.79 Å². The fourth-order valence-corrected chi connectivity index (χ4v) is 1.85. The van der Waals surface area contributed by atoms with Gasteiger partial charge in [0.05, 0.1) is 0 Å². The minimum atomic E-state index is 0.0723. The van der Waals surface area contributed by atoms with E-state index in [0.717, 1.165) is 25.1 Å². The summed E-state index contributed by atoms with van der Waals surface area (Å²) in [5, 5.41) is 0. The Morgan fingerprint density at radius 1 is 1.43 bits per heavy atom. The molecule has 0 aliphatic carbocycles. The third-order valence-electron chi connectivity index (χ3n) is 2.50. The van der Waals surface area contributed by atoms with E-state index in [-0.39, 0.29) is 5.69 Å². The van der Waals surface area contributed by atoms with Gasteiger partial charge in [0.2, 0.25) is 0 Å². The van der Waals surface area contributed by atoms with Crippen molar-refractivity contribution in [2.75, 3.05) is 5.75 Å².